The van der Waals surface area contributed by atoms with Crippen molar-refractivity contribution in [2.24, 2.45) is 11.8 Å². The van der Waals surface area contributed by atoms with Crippen molar-refractivity contribution >= 4 is 66.0 Å². The molecule has 0 saturated heterocycles. The lowest BCUT2D eigenvalue weighted by Gasteiger charge is -2.33. The van der Waals surface area contributed by atoms with Crippen LogP contribution in [0, 0.1) is 23.2 Å². The van der Waals surface area contributed by atoms with Gasteiger partial charge in [-0.25, -0.2) is 0 Å². The fourth-order valence-corrected chi connectivity index (χ4v) is 11.7. The number of nitrogens with zero attached hydrogens (tertiary/aromatic N) is 3. The molecule has 2 atom stereocenters. The number of fused-ring (bicyclic) bond motifs is 6. The summed E-state index contributed by atoms with van der Waals surface area (Å²) in [5.74, 6) is 0.813. The molecule has 3 heteroatoms. The highest BCUT2D eigenvalue weighted by molar-refractivity contribution is 6.20. The number of aromatic nitrogens is 1. The van der Waals surface area contributed by atoms with Crippen molar-refractivity contribution in [2.45, 2.75) is 25.7 Å². The van der Waals surface area contributed by atoms with E-state index in [0.29, 0.717) is 17.4 Å². The first-order valence-corrected chi connectivity index (χ1v) is 24.7. The Labute approximate surface area is 409 Å². The van der Waals surface area contributed by atoms with Gasteiger partial charge in [-0.3, -0.25) is 0 Å². The smallest absolute Gasteiger partial charge is 0.0991 e. The Bertz CT molecular complexity index is 3720. The predicted molar refractivity (Wildman–Crippen MR) is 294 cm³/mol. The maximum Gasteiger partial charge on any atom is 0.0991 e. The van der Waals surface area contributed by atoms with E-state index in [9.17, 15) is 5.26 Å². The third-order valence-electron chi connectivity index (χ3n) is 15.0. The summed E-state index contributed by atoms with van der Waals surface area (Å²) in [6.07, 6.45) is 29.3. The number of benzene rings is 8. The van der Waals surface area contributed by atoms with Crippen LogP contribution in [0.3, 0.4) is 0 Å². The molecule has 0 radical (unpaired) electrons. The minimum absolute atomic E-state index is 0.393. The Morgan fingerprint density at radius 2 is 1.07 bits per heavy atom. The van der Waals surface area contributed by atoms with Gasteiger partial charge in [0.25, 0.3) is 0 Å². The molecule has 9 aromatic rings. The molecule has 4 aliphatic carbocycles. The summed E-state index contributed by atoms with van der Waals surface area (Å²) in [6, 6.07) is 63.9. The third-order valence-corrected chi connectivity index (χ3v) is 15.0. The van der Waals surface area contributed by atoms with Crippen LogP contribution in [0.2, 0.25) is 0 Å². The molecular weight excluding hydrogens is 847 g/mol. The molecule has 8 aromatic carbocycles. The highest BCUT2D eigenvalue weighted by Gasteiger charge is 2.29. The van der Waals surface area contributed by atoms with Gasteiger partial charge in [-0.2, -0.15) is 5.26 Å². The van der Waals surface area contributed by atoms with E-state index in [1.54, 1.807) is 0 Å². The summed E-state index contributed by atoms with van der Waals surface area (Å²) < 4.78 is 2.51. The number of hydrogen-bond acceptors (Lipinski definition) is 2. The van der Waals surface area contributed by atoms with Crippen LogP contribution in [-0.4, -0.2) is 4.57 Å². The molecule has 0 aliphatic heterocycles. The van der Waals surface area contributed by atoms with Crippen LogP contribution in [0.15, 0.2) is 254 Å². The van der Waals surface area contributed by atoms with E-state index in [-0.39, 0.29) is 0 Å². The van der Waals surface area contributed by atoms with Crippen molar-refractivity contribution in [3.05, 3.63) is 265 Å². The first-order valence-electron chi connectivity index (χ1n) is 24.7. The van der Waals surface area contributed by atoms with Gasteiger partial charge in [-0.05, 0) is 136 Å². The molecule has 332 valence electrons. The topological polar surface area (TPSA) is 32.0 Å². The van der Waals surface area contributed by atoms with Crippen molar-refractivity contribution in [1.29, 1.82) is 5.26 Å². The van der Waals surface area contributed by atoms with Crippen molar-refractivity contribution in [1.82, 2.24) is 4.57 Å². The summed E-state index contributed by atoms with van der Waals surface area (Å²) in [5, 5.41) is 17.3. The summed E-state index contributed by atoms with van der Waals surface area (Å²) in [6.45, 7) is 0. The van der Waals surface area contributed by atoms with Crippen molar-refractivity contribution < 1.29 is 0 Å². The molecule has 0 saturated carbocycles. The monoisotopic (exact) mass is 895 g/mol. The average molecular weight is 896 g/mol. The SMILES string of the molecule is N#Cc1ccc(N(C2=CCCC(n3c4ccc(-c5ccccc5)cc4c4cc(-c5ccccc5)ccc43)=C2)c2c3ccccc3c(C3=CC=C(C4=CC=CC5C=CC=CC45)CC3)c3ccccc23)cc1. The molecule has 1 aromatic heterocycles. The van der Waals surface area contributed by atoms with Gasteiger partial charge in [0.05, 0.1) is 28.4 Å². The van der Waals surface area contributed by atoms with E-state index < -0.39 is 0 Å². The summed E-state index contributed by atoms with van der Waals surface area (Å²) in [4.78, 5) is 2.46. The summed E-state index contributed by atoms with van der Waals surface area (Å²) in [5.41, 5.74) is 17.9. The third kappa shape index (κ3) is 7.11. The van der Waals surface area contributed by atoms with Gasteiger partial charge in [-0.1, -0.05) is 182 Å². The van der Waals surface area contributed by atoms with E-state index in [0.717, 1.165) is 42.8 Å². The standard InChI is InChI=1S/C67H49N3/c68-44-45-29-37-53(38-30-45)69(67-60-26-11-9-24-58(60)66(59-25-10-12-27-61(59)67)50-33-31-49(32-34-50)57-28-13-20-48-19-7-8-23-56(48)57)54-21-14-22-55(43-54)70-64-39-35-51(46-15-3-1-4-16-46)41-62(64)63-42-52(36-40-65(63)70)47-17-5-2-6-18-47/h1-13,15-21,23-31,33,35-43,48,56H,14,22,32,34H2. The van der Waals surface area contributed by atoms with Gasteiger partial charge in [0.15, 0.2) is 0 Å². The first kappa shape index (κ1) is 41.5. The highest BCUT2D eigenvalue weighted by Crippen LogP contribution is 2.49. The number of anilines is 2. The largest absolute Gasteiger partial charge is 0.313 e. The van der Waals surface area contributed by atoms with Crippen molar-refractivity contribution in [3.63, 3.8) is 0 Å². The fraction of sp³-hybridized carbons (Fsp3) is 0.0896. The van der Waals surface area contributed by atoms with E-state index in [2.05, 4.69) is 240 Å². The number of nitriles is 1. The maximum atomic E-state index is 9.98. The molecule has 0 amide bonds. The second-order valence-electron chi connectivity index (χ2n) is 18.9. The molecule has 0 spiro atoms. The van der Waals surface area contributed by atoms with Crippen LogP contribution < -0.4 is 4.90 Å². The van der Waals surface area contributed by atoms with Gasteiger partial charge < -0.3 is 9.47 Å². The second kappa shape index (κ2) is 17.4. The molecule has 2 unspecified atom stereocenters. The normalized spacial score (nSPS) is 17.4. The molecule has 3 nitrogen and oxygen atoms in total. The molecular formula is C67H49N3. The van der Waals surface area contributed by atoms with Crippen LogP contribution in [0.1, 0.15) is 36.8 Å². The molecule has 0 bridgehead atoms. The molecule has 0 fully saturated rings. The number of allylic oxidation sites excluding steroid dienone is 15. The minimum atomic E-state index is 0.393. The van der Waals surface area contributed by atoms with Crippen LogP contribution in [-0.2, 0) is 0 Å². The molecule has 13 rings (SSSR count). The Balaban J connectivity index is 0.986. The fourth-order valence-electron chi connectivity index (χ4n) is 11.7. The van der Waals surface area contributed by atoms with E-state index >= 15 is 0 Å². The Morgan fingerprint density at radius 3 is 1.69 bits per heavy atom. The van der Waals surface area contributed by atoms with Gasteiger partial charge >= 0.3 is 0 Å². The molecule has 0 N–H and O–H groups in total. The average Bonchev–Trinajstić information content (AvgIpc) is 3.77. The quantitative estimate of drug-likeness (QED) is 0.142. The lowest BCUT2D eigenvalue weighted by Crippen LogP contribution is -2.19. The van der Waals surface area contributed by atoms with E-state index in [1.807, 2.05) is 12.1 Å². The molecule has 4 aliphatic rings. The lowest BCUT2D eigenvalue weighted by molar-refractivity contribution is 0.623. The summed E-state index contributed by atoms with van der Waals surface area (Å²) >= 11 is 0. The predicted octanol–water partition coefficient (Wildman–Crippen LogP) is 17.6. The first-order chi connectivity index (χ1) is 34.7. The highest BCUT2D eigenvalue weighted by atomic mass is 15.2. The Morgan fingerprint density at radius 1 is 0.500 bits per heavy atom. The van der Waals surface area contributed by atoms with Crippen molar-refractivity contribution in [3.8, 4) is 28.3 Å². The molecule has 1 heterocycles. The zero-order chi connectivity index (χ0) is 46.5. The number of rotatable bonds is 8. The van der Waals surface area contributed by atoms with E-state index in [1.165, 1.54) is 93.6 Å². The number of hydrogen-bond donors (Lipinski definition) is 0. The minimum Gasteiger partial charge on any atom is -0.313 e. The van der Waals surface area contributed by atoms with Crippen LogP contribution in [0.5, 0.6) is 0 Å². The summed E-state index contributed by atoms with van der Waals surface area (Å²) in [7, 11) is 0. The van der Waals surface area contributed by atoms with Gasteiger partial charge in [0, 0.05) is 50.5 Å². The molecule has 70 heavy (non-hydrogen) atoms. The Hall–Kier alpha value is -8.71. The van der Waals surface area contributed by atoms with Crippen LogP contribution >= 0.6 is 0 Å². The van der Waals surface area contributed by atoms with Crippen LogP contribution in [0.4, 0.5) is 11.4 Å². The maximum absolute atomic E-state index is 9.98. The van der Waals surface area contributed by atoms with Crippen LogP contribution in [0.25, 0.3) is 76.9 Å². The second-order valence-corrected chi connectivity index (χ2v) is 18.9. The van der Waals surface area contributed by atoms with Gasteiger partial charge in [0.1, 0.15) is 0 Å². The van der Waals surface area contributed by atoms with E-state index in [4.69, 9.17) is 0 Å². The zero-order valence-corrected chi connectivity index (χ0v) is 38.8. The van der Waals surface area contributed by atoms with Crippen molar-refractivity contribution in [2.75, 3.05) is 4.90 Å². The zero-order valence-electron chi connectivity index (χ0n) is 38.8. The Kier molecular flexibility index (Phi) is 10.3. The van der Waals surface area contributed by atoms with Gasteiger partial charge in [-0.15, -0.1) is 0 Å². The van der Waals surface area contributed by atoms with Gasteiger partial charge in [0.2, 0.25) is 0 Å². The lowest BCUT2D eigenvalue weighted by atomic mass is 9.74.